The lowest BCUT2D eigenvalue weighted by atomic mass is 9.95. The Bertz CT molecular complexity index is 3730. The van der Waals surface area contributed by atoms with E-state index in [2.05, 4.69) is 27.0 Å². The second-order valence-electron chi connectivity index (χ2n) is 22.9. The summed E-state index contributed by atoms with van der Waals surface area (Å²) >= 11 is 7.47. The number of benzene rings is 5. The third kappa shape index (κ3) is 16.9. The number of rotatable bonds is 24. The van der Waals surface area contributed by atoms with Crippen molar-refractivity contribution >= 4 is 117 Å². The van der Waals surface area contributed by atoms with Crippen molar-refractivity contribution in [3.05, 3.63) is 124 Å². The number of nitrogens with one attached hydrogen (secondary N) is 4. The molecule has 0 saturated carbocycles. The summed E-state index contributed by atoms with van der Waals surface area (Å²) in [5, 5.41) is 13.2. The average Bonchev–Trinajstić information content (AvgIpc) is 1.55. The fraction of sp³-hybridized carbons (Fsp3) is 0.387. The SMILES string of the molecule is COCCN(CCN(C)C(=O)OCc1ccc(NC(=O)[C@H](CCCNC([NH3+])=O)NC(=O)C(NC(=O)OC(C)(C)C)C(C)C)cc1)C(=O)Oc1cc2c(c3ccccc13)CCN2C(=O)c1ccc(C(=O)N2C[C@@H](CCl)c3c2cc(OP(=O)(O)O)c2ccccc32)s1. The Hall–Kier alpha value is -8.36. The molecule has 25 nitrogen and oxygen atoms in total. The van der Waals surface area contributed by atoms with Crippen molar-refractivity contribution in [3.63, 3.8) is 0 Å². The standard InChI is InChI=1S/C62H73ClN9O16PS/c1-36(2)53(68-59(78)87-62(3,4)5)55(74)67-45(17-12-25-65-58(64)77)54(73)66-39-20-18-37(19-21-39)35-85-60(79)69(6)27-28-70(29-30-84-7)61(80)86-48-31-46-41(40-13-8-9-14-42(40)48)24-26-71(46)56(75)50-22-23-51(90-50)57(76)72-34-38(33-63)52-44-16-11-10-15-43(44)49(32-47(52)72)88-89(81,82)83/h8-11,13-16,18-23,31-32,36,38,45,53H,12,17,24-30,33-35H2,1-7H3,(H,66,73)(H,67,74)(H,68,78)(H3,64,65,77)(H2,81,82,83)/p+1/t38-,45+,53?/m1/s1. The van der Waals surface area contributed by atoms with Crippen molar-refractivity contribution in [1.29, 1.82) is 0 Å². The maximum Gasteiger partial charge on any atom is 0.524 e. The Labute approximate surface area is 528 Å². The number of nitrogens with zero attached hydrogens (tertiary/aromatic N) is 4. The quantitative estimate of drug-likeness (QED) is 0.0171. The number of quaternary nitrogens is 1. The van der Waals surface area contributed by atoms with Crippen LogP contribution in [0.2, 0.25) is 0 Å². The molecule has 6 aromatic rings. The van der Waals surface area contributed by atoms with Gasteiger partial charge in [-0.25, -0.2) is 23.7 Å². The van der Waals surface area contributed by atoms with Crippen LogP contribution < -0.4 is 46.1 Å². The van der Waals surface area contributed by atoms with Crippen LogP contribution in [-0.2, 0) is 41.4 Å². The molecule has 8 rings (SSSR count). The molecule has 1 unspecified atom stereocenters. The Kier molecular flexibility index (Phi) is 22.2. The zero-order valence-corrected chi connectivity index (χ0v) is 53.3. The number of carbonyl (C=O) groups excluding carboxylic acids is 8. The van der Waals surface area contributed by atoms with Crippen LogP contribution in [0, 0.1) is 5.92 Å². The van der Waals surface area contributed by atoms with E-state index in [-0.39, 0.29) is 97.2 Å². The van der Waals surface area contributed by atoms with Gasteiger partial charge < -0.3 is 64.3 Å². The van der Waals surface area contributed by atoms with E-state index in [1.54, 1.807) is 106 Å². The number of phosphoric ester groups is 1. The largest absolute Gasteiger partial charge is 0.524 e. The van der Waals surface area contributed by atoms with Crippen LogP contribution in [-0.4, -0.2) is 151 Å². The van der Waals surface area contributed by atoms with Gasteiger partial charge in [-0.2, -0.15) is 0 Å². The van der Waals surface area contributed by atoms with Crippen molar-refractivity contribution in [3.8, 4) is 11.5 Å². The molecule has 480 valence electrons. The first-order valence-electron chi connectivity index (χ1n) is 29.0. The highest BCUT2D eigenvalue weighted by molar-refractivity contribution is 7.46. The van der Waals surface area contributed by atoms with Crippen molar-refractivity contribution in [2.45, 2.75) is 84.1 Å². The molecule has 9 N–H and O–H groups in total. The van der Waals surface area contributed by atoms with Gasteiger partial charge in [-0.1, -0.05) is 74.5 Å². The minimum atomic E-state index is -4.99. The van der Waals surface area contributed by atoms with Gasteiger partial charge in [0.15, 0.2) is 0 Å². The minimum Gasteiger partial charge on any atom is -0.445 e. The third-order valence-electron chi connectivity index (χ3n) is 14.9. The van der Waals surface area contributed by atoms with Crippen LogP contribution in [0.3, 0.4) is 0 Å². The summed E-state index contributed by atoms with van der Waals surface area (Å²) in [6.07, 6.45) is -1.31. The molecular formula is C62H74ClN9O16PS+. The molecule has 5 aromatic carbocycles. The Balaban J connectivity index is 0.889. The molecular weight excluding hydrogens is 1230 g/mol. The summed E-state index contributed by atoms with van der Waals surface area (Å²) < 4.78 is 39.6. The summed E-state index contributed by atoms with van der Waals surface area (Å²) in [7, 11) is -2.00. The second kappa shape index (κ2) is 29.5. The second-order valence-corrected chi connectivity index (χ2v) is 25.5. The summed E-state index contributed by atoms with van der Waals surface area (Å²) in [4.78, 5) is 133. The van der Waals surface area contributed by atoms with Crippen molar-refractivity contribution < 1.29 is 81.9 Å². The number of urea groups is 1. The Morgan fingerprint density at radius 1 is 0.800 bits per heavy atom. The molecule has 2 aliphatic rings. The van der Waals surface area contributed by atoms with E-state index in [1.807, 2.05) is 24.3 Å². The number of anilines is 3. The lowest BCUT2D eigenvalue weighted by molar-refractivity contribution is -0.250. The fourth-order valence-electron chi connectivity index (χ4n) is 10.5. The number of alkyl halides is 1. The molecule has 0 aliphatic carbocycles. The first kappa shape index (κ1) is 67.6. The number of likely N-dealkylation sites (N-methyl/N-ethyl adjacent to an activating group) is 1. The number of fused-ring (bicyclic) bond motifs is 6. The van der Waals surface area contributed by atoms with Gasteiger partial charge in [-0.05, 0) is 97.7 Å². The molecule has 0 bridgehead atoms. The topological polar surface area (TPSA) is 329 Å². The highest BCUT2D eigenvalue weighted by Gasteiger charge is 2.38. The van der Waals surface area contributed by atoms with Gasteiger partial charge in [0.1, 0.15) is 35.8 Å². The highest BCUT2D eigenvalue weighted by atomic mass is 35.5. The highest BCUT2D eigenvalue weighted by Crippen LogP contribution is 2.50. The number of halogens is 1. The van der Waals surface area contributed by atoms with E-state index >= 15 is 0 Å². The summed E-state index contributed by atoms with van der Waals surface area (Å²) in [6.45, 7) is 9.32. The van der Waals surface area contributed by atoms with Crippen LogP contribution >= 0.6 is 30.8 Å². The van der Waals surface area contributed by atoms with Crippen LogP contribution in [0.5, 0.6) is 11.5 Å². The van der Waals surface area contributed by atoms with E-state index < -0.39 is 67.5 Å². The van der Waals surface area contributed by atoms with Gasteiger partial charge in [-0.3, -0.25) is 34.7 Å². The zero-order chi connectivity index (χ0) is 65.2. The molecule has 1 aromatic heterocycles. The molecule has 3 heterocycles. The fourth-order valence-corrected chi connectivity index (χ4v) is 12.1. The van der Waals surface area contributed by atoms with Crippen molar-refractivity contribution in [2.75, 3.05) is 81.0 Å². The van der Waals surface area contributed by atoms with E-state index in [0.717, 1.165) is 27.8 Å². The number of ether oxygens (including phenoxy) is 4. The van der Waals surface area contributed by atoms with E-state index in [0.29, 0.717) is 58.2 Å². The van der Waals surface area contributed by atoms with Gasteiger partial charge in [-0.15, -0.1) is 22.9 Å². The first-order valence-corrected chi connectivity index (χ1v) is 31.9. The summed E-state index contributed by atoms with van der Waals surface area (Å²) in [6, 6.07) is 24.4. The van der Waals surface area contributed by atoms with Crippen molar-refractivity contribution in [2.24, 2.45) is 5.92 Å². The van der Waals surface area contributed by atoms with Crippen LogP contribution in [0.25, 0.3) is 21.5 Å². The van der Waals surface area contributed by atoms with E-state index in [9.17, 15) is 52.7 Å². The van der Waals surface area contributed by atoms with E-state index in [1.165, 1.54) is 34.9 Å². The van der Waals surface area contributed by atoms with Gasteiger partial charge in [0.2, 0.25) is 11.8 Å². The number of carbonyl (C=O) groups is 8. The molecule has 9 amide bonds. The summed E-state index contributed by atoms with van der Waals surface area (Å²) in [5.74, 6) is -2.45. The molecule has 3 atom stereocenters. The number of hydrogen-bond donors (Lipinski definition) is 7. The van der Waals surface area contributed by atoms with Gasteiger partial charge in [0.25, 0.3) is 11.8 Å². The van der Waals surface area contributed by atoms with Gasteiger partial charge in [0, 0.05) is 93.8 Å². The Morgan fingerprint density at radius 3 is 2.06 bits per heavy atom. The average molecular weight is 1300 g/mol. The predicted octanol–water partition coefficient (Wildman–Crippen LogP) is 8.13. The molecule has 0 radical (unpaired) electrons. The lowest BCUT2D eigenvalue weighted by Crippen LogP contribution is -2.63. The molecule has 0 fully saturated rings. The number of hydrogen-bond acceptors (Lipinski definition) is 15. The minimum absolute atomic E-state index is 0.00779. The van der Waals surface area contributed by atoms with Crippen molar-refractivity contribution in [1.82, 2.24) is 25.8 Å². The van der Waals surface area contributed by atoms with Crippen LogP contribution in [0.15, 0.2) is 97.1 Å². The van der Waals surface area contributed by atoms with E-state index in [4.69, 9.17) is 35.1 Å². The third-order valence-corrected chi connectivity index (χ3v) is 16.8. The molecule has 90 heavy (non-hydrogen) atoms. The number of amides is 9. The molecule has 2 aliphatic heterocycles. The maximum atomic E-state index is 14.5. The summed E-state index contributed by atoms with van der Waals surface area (Å²) in [5.41, 5.74) is 5.92. The maximum absolute atomic E-state index is 14.5. The van der Waals surface area contributed by atoms with Gasteiger partial charge >= 0.3 is 32.1 Å². The number of methoxy groups -OCH3 is 1. The smallest absolute Gasteiger partial charge is 0.445 e. The molecule has 0 spiro atoms. The van der Waals surface area contributed by atoms with Crippen LogP contribution in [0.1, 0.15) is 89.4 Å². The number of thiophene rings is 1. The first-order chi connectivity index (χ1) is 42.7. The Morgan fingerprint density at radius 2 is 1.43 bits per heavy atom. The number of phosphoric acid groups is 1. The van der Waals surface area contributed by atoms with Gasteiger partial charge in [0.05, 0.1) is 27.7 Å². The number of alkyl carbamates (subject to hydrolysis) is 1. The molecule has 28 heteroatoms. The van der Waals surface area contributed by atoms with Crippen LogP contribution in [0.4, 0.5) is 36.2 Å². The normalized spacial score (nSPS) is 14.3. The monoisotopic (exact) mass is 1300 g/mol. The lowest BCUT2D eigenvalue weighted by Gasteiger charge is -2.27. The zero-order valence-electron chi connectivity index (χ0n) is 50.9. The predicted molar refractivity (Wildman–Crippen MR) is 338 cm³/mol. The molecule has 0 saturated heterocycles.